The summed E-state index contributed by atoms with van der Waals surface area (Å²) in [7, 11) is 0. The molecule has 0 spiro atoms. The molecule has 2 heterocycles. The minimum absolute atomic E-state index is 0.235. The number of amides is 1. The minimum Gasteiger partial charge on any atom is -0.296 e. The number of anilines is 1. The number of aryl methyl sites for hydroxylation is 2. The molecule has 0 fully saturated rings. The minimum atomic E-state index is -0.361. The highest BCUT2D eigenvalue weighted by atomic mass is 79.9. The Balaban J connectivity index is 1.54. The van der Waals surface area contributed by atoms with E-state index in [0.29, 0.717) is 27.3 Å². The van der Waals surface area contributed by atoms with Gasteiger partial charge in [0.1, 0.15) is 0 Å². The van der Waals surface area contributed by atoms with Gasteiger partial charge in [-0.1, -0.05) is 40.5 Å². The predicted molar refractivity (Wildman–Crippen MR) is 133 cm³/mol. The third-order valence-corrected chi connectivity index (χ3v) is 7.51. The Labute approximate surface area is 207 Å². The fourth-order valence-electron chi connectivity index (χ4n) is 3.22. The first kappa shape index (κ1) is 22.9. The first-order valence-corrected chi connectivity index (χ1v) is 12.0. The number of nitrogens with one attached hydrogen (secondary N) is 1. The maximum atomic E-state index is 12.9. The monoisotopic (exact) mass is 549 g/mol. The Bertz CT molecular complexity index is 1330. The Morgan fingerprint density at radius 1 is 1.16 bits per heavy atom. The van der Waals surface area contributed by atoms with Gasteiger partial charge in [0.05, 0.1) is 22.1 Å². The smallest absolute Gasteiger partial charge is 0.279 e. The van der Waals surface area contributed by atoms with Crippen LogP contribution >= 0.6 is 50.5 Å². The highest BCUT2D eigenvalue weighted by Gasteiger charge is 2.20. The molecule has 0 saturated heterocycles. The number of carbonyl (C=O) groups is 1. The van der Waals surface area contributed by atoms with Gasteiger partial charge in [-0.2, -0.15) is 0 Å². The van der Waals surface area contributed by atoms with Crippen molar-refractivity contribution >= 4 is 61.5 Å². The van der Waals surface area contributed by atoms with Crippen molar-refractivity contribution in [3.8, 4) is 5.69 Å². The van der Waals surface area contributed by atoms with Crippen LogP contribution in [-0.4, -0.2) is 25.9 Å². The average molecular weight is 551 g/mol. The molecule has 1 amide bonds. The molecule has 32 heavy (non-hydrogen) atoms. The van der Waals surface area contributed by atoms with E-state index < -0.39 is 0 Å². The second-order valence-electron chi connectivity index (χ2n) is 7.27. The number of aromatic nitrogens is 4. The summed E-state index contributed by atoms with van der Waals surface area (Å²) in [4.78, 5) is 18.4. The fourth-order valence-corrected chi connectivity index (χ4v) is 4.82. The van der Waals surface area contributed by atoms with Gasteiger partial charge in [-0.05, 0) is 72.1 Å². The zero-order chi connectivity index (χ0) is 23.0. The molecule has 0 bridgehead atoms. The first-order chi connectivity index (χ1) is 15.2. The molecule has 2 aromatic heterocycles. The van der Waals surface area contributed by atoms with Gasteiger partial charge in [0.25, 0.3) is 5.91 Å². The second-order valence-corrected chi connectivity index (χ2v) is 10.1. The van der Waals surface area contributed by atoms with Crippen molar-refractivity contribution < 1.29 is 4.79 Å². The van der Waals surface area contributed by atoms with Crippen LogP contribution in [0.2, 0.25) is 10.0 Å². The highest BCUT2D eigenvalue weighted by Crippen LogP contribution is 2.29. The van der Waals surface area contributed by atoms with Gasteiger partial charge in [0, 0.05) is 20.8 Å². The molecular weight excluding hydrogens is 533 g/mol. The Morgan fingerprint density at radius 2 is 1.94 bits per heavy atom. The van der Waals surface area contributed by atoms with Crippen molar-refractivity contribution in [2.24, 2.45) is 0 Å². The molecule has 6 nitrogen and oxygen atoms in total. The van der Waals surface area contributed by atoms with E-state index in [1.54, 1.807) is 17.7 Å². The Kier molecular flexibility index (Phi) is 6.67. The van der Waals surface area contributed by atoms with E-state index >= 15 is 0 Å². The lowest BCUT2D eigenvalue weighted by Gasteiger charge is -2.07. The summed E-state index contributed by atoms with van der Waals surface area (Å²) in [5.41, 5.74) is 4.53. The molecule has 4 rings (SSSR count). The van der Waals surface area contributed by atoms with E-state index in [0.717, 1.165) is 31.9 Å². The number of hydrogen-bond donors (Lipinski definition) is 1. The number of thiazole rings is 1. The van der Waals surface area contributed by atoms with E-state index in [4.69, 9.17) is 23.2 Å². The molecule has 0 atom stereocenters. The summed E-state index contributed by atoms with van der Waals surface area (Å²) >= 11 is 17.2. The van der Waals surface area contributed by atoms with Gasteiger partial charge in [-0.3, -0.25) is 10.1 Å². The summed E-state index contributed by atoms with van der Waals surface area (Å²) in [5, 5.41) is 12.9. The van der Waals surface area contributed by atoms with Crippen molar-refractivity contribution in [2.75, 3.05) is 5.32 Å². The Morgan fingerprint density at radius 3 is 2.69 bits per heavy atom. The highest BCUT2D eigenvalue weighted by molar-refractivity contribution is 9.10. The molecule has 0 aliphatic carbocycles. The van der Waals surface area contributed by atoms with E-state index in [1.807, 2.05) is 44.2 Å². The van der Waals surface area contributed by atoms with Crippen LogP contribution in [0.15, 0.2) is 40.9 Å². The summed E-state index contributed by atoms with van der Waals surface area (Å²) in [6.45, 7) is 5.67. The van der Waals surface area contributed by atoms with Crippen LogP contribution in [-0.2, 0) is 6.42 Å². The van der Waals surface area contributed by atoms with Gasteiger partial charge in [-0.15, -0.1) is 16.4 Å². The largest absolute Gasteiger partial charge is 0.296 e. The third-order valence-electron chi connectivity index (χ3n) is 4.97. The fraction of sp³-hybridized carbons (Fsp3) is 0.182. The lowest BCUT2D eigenvalue weighted by molar-refractivity contribution is 0.102. The van der Waals surface area contributed by atoms with Crippen molar-refractivity contribution in [2.45, 2.75) is 27.2 Å². The lowest BCUT2D eigenvalue weighted by Crippen LogP contribution is -2.14. The van der Waals surface area contributed by atoms with E-state index in [9.17, 15) is 4.79 Å². The summed E-state index contributed by atoms with van der Waals surface area (Å²) in [5.74, 6) is -0.361. The van der Waals surface area contributed by atoms with Crippen molar-refractivity contribution in [1.29, 1.82) is 0 Å². The molecule has 4 aromatic rings. The number of nitrogens with zero attached hydrogens (tertiary/aromatic N) is 4. The van der Waals surface area contributed by atoms with Gasteiger partial charge < -0.3 is 0 Å². The number of carbonyl (C=O) groups excluding carboxylic acids is 1. The van der Waals surface area contributed by atoms with Crippen LogP contribution in [0.3, 0.4) is 0 Å². The van der Waals surface area contributed by atoms with Gasteiger partial charge in [-0.25, -0.2) is 9.67 Å². The van der Waals surface area contributed by atoms with Crippen LogP contribution in [0.5, 0.6) is 0 Å². The molecule has 1 N–H and O–H groups in total. The molecule has 0 aliphatic rings. The van der Waals surface area contributed by atoms with E-state index in [-0.39, 0.29) is 11.6 Å². The maximum absolute atomic E-state index is 12.9. The van der Waals surface area contributed by atoms with Crippen LogP contribution in [0.25, 0.3) is 5.69 Å². The molecule has 0 aliphatic heterocycles. The summed E-state index contributed by atoms with van der Waals surface area (Å²) < 4.78 is 2.47. The number of benzene rings is 2. The molecule has 0 unspecified atom stereocenters. The third kappa shape index (κ3) is 4.73. The summed E-state index contributed by atoms with van der Waals surface area (Å²) in [6.07, 6.45) is 0.676. The standard InChI is InChI=1S/C22H18BrCl2N5OS/c1-11-4-6-15(24)10-18(11)30-13(3)20(28-29-30)21(31)27-22-26-12(2)19(32-22)9-14-5-7-16(23)17(25)8-14/h4-8,10H,9H2,1-3H3,(H,26,27,31). The van der Waals surface area contributed by atoms with Crippen LogP contribution < -0.4 is 5.32 Å². The van der Waals surface area contributed by atoms with Gasteiger partial charge >= 0.3 is 0 Å². The van der Waals surface area contributed by atoms with Crippen LogP contribution in [0.1, 0.15) is 37.9 Å². The zero-order valence-corrected chi connectivity index (χ0v) is 21.3. The van der Waals surface area contributed by atoms with Crippen molar-refractivity contribution in [3.63, 3.8) is 0 Å². The quantitative estimate of drug-likeness (QED) is 0.305. The van der Waals surface area contributed by atoms with Gasteiger partial charge in [0.15, 0.2) is 10.8 Å². The molecule has 0 saturated carbocycles. The number of halogens is 3. The zero-order valence-electron chi connectivity index (χ0n) is 17.4. The molecule has 2 aromatic carbocycles. The first-order valence-electron chi connectivity index (χ1n) is 9.63. The van der Waals surface area contributed by atoms with E-state index in [2.05, 4.69) is 36.5 Å². The normalized spacial score (nSPS) is 11.1. The van der Waals surface area contributed by atoms with Crippen molar-refractivity contribution in [3.05, 3.63) is 84.0 Å². The van der Waals surface area contributed by atoms with Gasteiger partial charge in [0.2, 0.25) is 0 Å². The van der Waals surface area contributed by atoms with Crippen molar-refractivity contribution in [1.82, 2.24) is 20.0 Å². The SMILES string of the molecule is Cc1ccc(Cl)cc1-n1nnc(C(=O)Nc2nc(C)c(Cc3ccc(Br)c(Cl)c3)s2)c1C. The van der Waals surface area contributed by atoms with Crippen LogP contribution in [0.4, 0.5) is 5.13 Å². The maximum Gasteiger partial charge on any atom is 0.279 e. The van der Waals surface area contributed by atoms with E-state index in [1.165, 1.54) is 11.3 Å². The average Bonchev–Trinajstić information content (AvgIpc) is 3.28. The topological polar surface area (TPSA) is 72.7 Å². The number of hydrogen-bond acceptors (Lipinski definition) is 5. The second kappa shape index (κ2) is 9.31. The molecular formula is C22H18BrCl2N5OS. The Hall–Kier alpha value is -2.26. The molecule has 10 heteroatoms. The molecule has 164 valence electrons. The lowest BCUT2D eigenvalue weighted by atomic mass is 10.1. The number of rotatable bonds is 5. The summed E-state index contributed by atoms with van der Waals surface area (Å²) in [6, 6.07) is 11.4. The predicted octanol–water partition coefficient (Wildman–Crippen LogP) is 6.56. The van der Waals surface area contributed by atoms with Crippen LogP contribution in [0, 0.1) is 20.8 Å². The molecule has 0 radical (unpaired) electrons.